The van der Waals surface area contributed by atoms with Gasteiger partial charge in [-0.1, -0.05) is 31.8 Å². The van der Waals surface area contributed by atoms with Gasteiger partial charge in [0.1, 0.15) is 0 Å². The fraction of sp³-hybridized carbons (Fsp3) is 0.243. The Bertz CT molecular complexity index is 1870. The maximum absolute atomic E-state index is 8.37. The Morgan fingerprint density at radius 1 is 0.884 bits per heavy atom. The van der Waals surface area contributed by atoms with Crippen LogP contribution in [0.25, 0.3) is 42.7 Å². The number of benzene rings is 3. The molecule has 43 heavy (non-hydrogen) atoms. The van der Waals surface area contributed by atoms with Gasteiger partial charge in [0, 0.05) is 26.3 Å². The fourth-order valence-corrected chi connectivity index (χ4v) is 10.6. The molecule has 3 aromatic heterocycles. The maximum atomic E-state index is 8.37. The molecular formula is C37H40GeIrN2SSi-2. The number of thiophene rings is 1. The molecule has 1 radical (unpaired) electrons. The van der Waals surface area contributed by atoms with Crippen molar-refractivity contribution in [3.63, 3.8) is 0 Å². The van der Waals surface area contributed by atoms with Crippen LogP contribution in [0, 0.1) is 12.1 Å². The van der Waals surface area contributed by atoms with Gasteiger partial charge in [-0.25, -0.2) is 0 Å². The first-order valence-corrected chi connectivity index (χ1v) is 26.2. The van der Waals surface area contributed by atoms with E-state index in [1.54, 1.807) is 0 Å². The predicted octanol–water partition coefficient (Wildman–Crippen LogP) is 9.68. The second-order valence-electron chi connectivity index (χ2n) is 13.0. The van der Waals surface area contributed by atoms with Gasteiger partial charge in [-0.3, -0.25) is 0 Å². The Balaban J connectivity index is 0.000000223. The summed E-state index contributed by atoms with van der Waals surface area (Å²) in [6.45, 7) is 10.8. The molecule has 0 aliphatic carbocycles. The van der Waals surface area contributed by atoms with E-state index in [1.807, 2.05) is 67.9 Å². The van der Waals surface area contributed by atoms with Crippen molar-refractivity contribution >= 4 is 62.4 Å². The van der Waals surface area contributed by atoms with Gasteiger partial charge in [0.25, 0.3) is 0 Å². The fourth-order valence-electron chi connectivity index (χ4n) is 4.98. The number of nitrogens with zero attached hydrogens (tertiary/aromatic N) is 2. The van der Waals surface area contributed by atoms with Crippen molar-refractivity contribution in [2.75, 3.05) is 0 Å². The van der Waals surface area contributed by atoms with Crippen molar-refractivity contribution < 1.29 is 21.5 Å². The summed E-state index contributed by atoms with van der Waals surface area (Å²) >= 11 is -0.224. The molecule has 0 atom stereocenters. The van der Waals surface area contributed by atoms with Crippen LogP contribution >= 0.6 is 11.3 Å². The number of rotatable bonds is 5. The molecule has 0 fully saturated rings. The SMILES string of the molecule is C[Si](C)(C)c1ccc(-c2[c-]cccc2)nc1.[2H]C(C)(C)c1ccnc(-c2[c-]c[c]([Ge]([CH3])([CH3])[CH3])c3c2sc2ccccc23)c1.[Ir]. The summed E-state index contributed by atoms with van der Waals surface area (Å²) in [4.78, 5) is 9.16. The van der Waals surface area contributed by atoms with Crippen molar-refractivity contribution in [1.29, 1.82) is 0 Å². The van der Waals surface area contributed by atoms with Crippen LogP contribution in [0.2, 0.25) is 36.9 Å². The topological polar surface area (TPSA) is 25.8 Å². The summed E-state index contributed by atoms with van der Waals surface area (Å²) in [7, 11) is -1.23. The third-order valence-corrected chi connectivity index (χ3v) is 14.9. The Morgan fingerprint density at radius 3 is 2.26 bits per heavy atom. The van der Waals surface area contributed by atoms with Crippen molar-refractivity contribution in [3.8, 4) is 22.5 Å². The van der Waals surface area contributed by atoms with E-state index in [4.69, 9.17) is 1.37 Å². The first kappa shape index (κ1) is 32.0. The summed E-state index contributed by atoms with van der Waals surface area (Å²) in [5.41, 5.74) is 5.02. The molecule has 6 rings (SSSR count). The summed E-state index contributed by atoms with van der Waals surface area (Å²) in [5.74, 6) is 6.68. The minimum Gasteiger partial charge on any atom is 0 e. The largest absolute Gasteiger partial charge is 0 e. The van der Waals surface area contributed by atoms with E-state index in [1.165, 1.54) is 29.8 Å². The standard InChI is InChI=1S/C23H24GeNS.C14H16NSi.Ir/c1-15(2)16-12-13-25-20(14-16)17-10-11-19(24(3,4)5)22-18-8-6-7-9-21(18)26-23(17)22;1-16(2,3)13-9-10-14(15-11-13)12-7-5-4-6-8-12;/h6-9,11-15H,1-5H3;4-7,9-11H,1-3H3;/q2*-1;/i15D;;. The van der Waals surface area contributed by atoms with Crippen LogP contribution in [0.4, 0.5) is 0 Å². The molecule has 0 bridgehead atoms. The van der Waals surface area contributed by atoms with Crippen LogP contribution in [0.15, 0.2) is 91.3 Å². The smallest absolute Gasteiger partial charge is 0 e. The summed E-state index contributed by atoms with van der Waals surface area (Å²) in [5, 5.41) is 4.14. The molecule has 223 valence electrons. The monoisotopic (exact) mass is 840 g/mol. The normalized spacial score (nSPS) is 12.3. The molecule has 0 spiro atoms. The second-order valence-corrected chi connectivity index (χ2v) is 29.7. The zero-order valence-electron chi connectivity index (χ0n) is 27.3. The van der Waals surface area contributed by atoms with Gasteiger partial charge >= 0.3 is 164 Å². The van der Waals surface area contributed by atoms with Crippen LogP contribution in [0.3, 0.4) is 0 Å². The predicted molar refractivity (Wildman–Crippen MR) is 190 cm³/mol. The van der Waals surface area contributed by atoms with Crippen molar-refractivity contribution in [1.82, 2.24) is 9.97 Å². The molecule has 0 amide bonds. The molecule has 0 aliphatic rings. The first-order chi connectivity index (χ1) is 20.2. The van der Waals surface area contributed by atoms with Crippen molar-refractivity contribution in [2.24, 2.45) is 0 Å². The van der Waals surface area contributed by atoms with Crippen LogP contribution in [0.5, 0.6) is 0 Å². The number of hydrogen-bond donors (Lipinski definition) is 0. The van der Waals surface area contributed by atoms with E-state index in [2.05, 4.69) is 108 Å². The molecular weight excluding hydrogens is 797 g/mol. The van der Waals surface area contributed by atoms with Crippen LogP contribution in [-0.4, -0.2) is 31.3 Å². The minimum atomic E-state index is -2.06. The minimum absolute atomic E-state index is 0. The van der Waals surface area contributed by atoms with Crippen molar-refractivity contribution in [2.45, 2.75) is 56.7 Å². The van der Waals surface area contributed by atoms with Gasteiger partial charge in [-0.15, -0.1) is 35.9 Å². The summed E-state index contributed by atoms with van der Waals surface area (Å²) in [6.07, 6.45) is 3.84. The third-order valence-electron chi connectivity index (χ3n) is 7.47. The first-order valence-electron chi connectivity index (χ1n) is 15.0. The molecule has 3 aromatic carbocycles. The number of hydrogen-bond acceptors (Lipinski definition) is 3. The molecule has 0 saturated heterocycles. The number of fused-ring (bicyclic) bond motifs is 3. The van der Waals surface area contributed by atoms with Crippen LogP contribution in [0.1, 0.15) is 26.7 Å². The Morgan fingerprint density at radius 2 is 1.63 bits per heavy atom. The quantitative estimate of drug-likeness (QED) is 0.128. The molecule has 0 aliphatic heterocycles. The molecule has 0 saturated carbocycles. The average Bonchev–Trinajstić information content (AvgIpc) is 3.36. The maximum Gasteiger partial charge on any atom is 0 e. The van der Waals surface area contributed by atoms with Gasteiger partial charge in [0.15, 0.2) is 0 Å². The zero-order chi connectivity index (χ0) is 31.0. The van der Waals surface area contributed by atoms with Gasteiger partial charge in [-0.2, -0.15) is 0 Å². The van der Waals surface area contributed by atoms with E-state index in [0.717, 1.165) is 28.1 Å². The van der Waals surface area contributed by atoms with Gasteiger partial charge in [0.2, 0.25) is 0 Å². The summed E-state index contributed by atoms with van der Waals surface area (Å²) < 4.78 is 12.5. The van der Waals surface area contributed by atoms with Gasteiger partial charge in [0.05, 0.1) is 8.07 Å². The van der Waals surface area contributed by atoms with E-state index >= 15 is 0 Å². The van der Waals surface area contributed by atoms with E-state index in [0.29, 0.717) is 0 Å². The van der Waals surface area contributed by atoms with E-state index < -0.39 is 27.2 Å². The molecule has 0 unspecified atom stereocenters. The van der Waals surface area contributed by atoms with Gasteiger partial charge < -0.3 is 4.98 Å². The third kappa shape index (κ3) is 7.64. The van der Waals surface area contributed by atoms with Crippen LogP contribution < -0.4 is 9.58 Å². The molecule has 6 aromatic rings. The average molecular weight is 839 g/mol. The molecule has 6 heteroatoms. The van der Waals surface area contributed by atoms with E-state index in [9.17, 15) is 0 Å². The van der Waals surface area contributed by atoms with Crippen LogP contribution in [-0.2, 0) is 20.1 Å². The number of pyridine rings is 2. The van der Waals surface area contributed by atoms with Gasteiger partial charge in [-0.05, 0) is 10.9 Å². The molecule has 2 nitrogen and oxygen atoms in total. The Hall–Kier alpha value is -2.41. The Kier molecular flexibility index (Phi) is 10.2. The number of aromatic nitrogens is 2. The Labute approximate surface area is 280 Å². The molecule has 3 heterocycles. The van der Waals surface area contributed by atoms with Crippen molar-refractivity contribution in [3.05, 3.63) is 109 Å². The van der Waals surface area contributed by atoms with E-state index in [-0.39, 0.29) is 20.1 Å². The second kappa shape index (κ2) is 13.7. The summed E-state index contributed by atoms with van der Waals surface area (Å²) in [6, 6.07) is 33.9. The zero-order valence-corrected chi connectivity index (χ0v) is 32.6. The molecule has 0 N–H and O–H groups in total.